The number of hydrogen-bond acceptors (Lipinski definition) is 5. The number of carbonyl (C=O) groups is 1. The van der Waals surface area contributed by atoms with E-state index in [9.17, 15) is 22.8 Å². The van der Waals surface area contributed by atoms with Crippen LogP contribution in [0.2, 0.25) is 0 Å². The van der Waals surface area contributed by atoms with Gasteiger partial charge in [-0.05, 0) is 42.8 Å². The summed E-state index contributed by atoms with van der Waals surface area (Å²) in [6, 6.07) is 15.2. The smallest absolute Gasteiger partial charge is 0.325 e. The summed E-state index contributed by atoms with van der Waals surface area (Å²) in [6.45, 7) is 1.99. The Bertz CT molecular complexity index is 1370. The van der Waals surface area contributed by atoms with Crippen LogP contribution in [0.5, 0.6) is 0 Å². The van der Waals surface area contributed by atoms with Gasteiger partial charge in [-0.25, -0.2) is 4.98 Å². The molecule has 0 radical (unpaired) electrons. The molecule has 1 amide bonds. The van der Waals surface area contributed by atoms with Crippen LogP contribution in [0.15, 0.2) is 70.6 Å². The predicted octanol–water partition coefficient (Wildman–Crippen LogP) is 5.76. The highest BCUT2D eigenvalue weighted by Gasteiger charge is 2.30. The van der Waals surface area contributed by atoms with E-state index in [0.717, 1.165) is 35.2 Å². The van der Waals surface area contributed by atoms with Gasteiger partial charge in [-0.15, -0.1) is 11.3 Å². The molecule has 1 N–H and O–H groups in total. The second-order valence-corrected chi connectivity index (χ2v) is 9.13. The molecule has 5 nitrogen and oxygen atoms in total. The van der Waals surface area contributed by atoms with Crippen LogP contribution < -0.4 is 10.9 Å². The minimum atomic E-state index is -4.50. The van der Waals surface area contributed by atoms with Crippen molar-refractivity contribution in [1.82, 2.24) is 9.55 Å². The fraction of sp³-hybridized carbons (Fsp3) is 0.174. The average Bonchev–Trinajstić information content (AvgIpc) is 3.22. The van der Waals surface area contributed by atoms with Crippen LogP contribution in [0.25, 0.3) is 15.9 Å². The van der Waals surface area contributed by atoms with Gasteiger partial charge in [0, 0.05) is 10.6 Å². The standard InChI is InChI=1S/C23H18F3N3O2S2/c1-2-17-12-18-20(33-17)28-22(29(21(18)31)16-9-4-3-5-10-16)32-13-19(30)27-15-8-6-7-14(11-15)23(24,25)26/h3-12H,2,13H2,1H3,(H,27,30). The quantitative estimate of drug-likeness (QED) is 0.276. The normalized spacial score (nSPS) is 11.6. The first-order chi connectivity index (χ1) is 15.8. The number of thioether (sulfide) groups is 1. The largest absolute Gasteiger partial charge is 0.416 e. The number of rotatable bonds is 6. The lowest BCUT2D eigenvalue weighted by Gasteiger charge is -2.12. The zero-order valence-corrected chi connectivity index (χ0v) is 19.0. The molecule has 0 spiro atoms. The summed E-state index contributed by atoms with van der Waals surface area (Å²) in [5, 5.41) is 3.32. The number of aromatic nitrogens is 2. The Labute approximate surface area is 195 Å². The number of thiophene rings is 1. The molecule has 0 bridgehead atoms. The molecule has 2 heterocycles. The molecule has 0 aliphatic carbocycles. The van der Waals surface area contributed by atoms with Crippen molar-refractivity contribution in [2.75, 3.05) is 11.1 Å². The Hall–Kier alpha value is -3.11. The Balaban J connectivity index is 1.62. The number of alkyl halides is 3. The Morgan fingerprint density at radius 3 is 2.58 bits per heavy atom. The Morgan fingerprint density at radius 1 is 1.12 bits per heavy atom. The van der Waals surface area contributed by atoms with Crippen molar-refractivity contribution >= 4 is 44.9 Å². The Kier molecular flexibility index (Phi) is 6.57. The van der Waals surface area contributed by atoms with E-state index in [1.807, 2.05) is 19.1 Å². The van der Waals surface area contributed by atoms with Crippen LogP contribution in [-0.2, 0) is 17.4 Å². The molecule has 33 heavy (non-hydrogen) atoms. The van der Waals surface area contributed by atoms with E-state index < -0.39 is 17.6 Å². The molecule has 0 aliphatic heterocycles. The van der Waals surface area contributed by atoms with E-state index in [0.29, 0.717) is 21.1 Å². The molecule has 170 valence electrons. The van der Waals surface area contributed by atoms with Gasteiger partial charge < -0.3 is 5.32 Å². The van der Waals surface area contributed by atoms with Crippen molar-refractivity contribution in [3.8, 4) is 5.69 Å². The molecule has 0 atom stereocenters. The van der Waals surface area contributed by atoms with E-state index in [2.05, 4.69) is 10.3 Å². The first-order valence-electron chi connectivity index (χ1n) is 9.97. The molecule has 0 saturated heterocycles. The summed E-state index contributed by atoms with van der Waals surface area (Å²) in [7, 11) is 0. The maximum Gasteiger partial charge on any atom is 0.416 e. The van der Waals surface area contributed by atoms with Crippen molar-refractivity contribution in [2.24, 2.45) is 0 Å². The number of halogens is 3. The lowest BCUT2D eigenvalue weighted by Crippen LogP contribution is -2.22. The lowest BCUT2D eigenvalue weighted by atomic mass is 10.2. The van der Waals surface area contributed by atoms with E-state index in [1.165, 1.54) is 28.0 Å². The van der Waals surface area contributed by atoms with Gasteiger partial charge in [-0.3, -0.25) is 14.2 Å². The van der Waals surface area contributed by atoms with Crippen LogP contribution in [0.1, 0.15) is 17.4 Å². The van der Waals surface area contributed by atoms with Crippen molar-refractivity contribution in [2.45, 2.75) is 24.7 Å². The van der Waals surface area contributed by atoms with E-state index in [1.54, 1.807) is 24.3 Å². The number of para-hydroxylation sites is 1. The molecule has 2 aromatic carbocycles. The number of fused-ring (bicyclic) bond motifs is 1. The van der Waals surface area contributed by atoms with Crippen LogP contribution in [-0.4, -0.2) is 21.2 Å². The SMILES string of the molecule is CCc1cc2c(=O)n(-c3ccccc3)c(SCC(=O)Nc3cccc(C(F)(F)F)c3)nc2s1. The van der Waals surface area contributed by atoms with Crippen LogP contribution in [0, 0.1) is 0 Å². The molecular formula is C23H18F3N3O2S2. The summed E-state index contributed by atoms with van der Waals surface area (Å²) in [6.07, 6.45) is -3.73. The third-order valence-corrected chi connectivity index (χ3v) is 6.87. The van der Waals surface area contributed by atoms with Gasteiger partial charge in [0.05, 0.1) is 22.4 Å². The van der Waals surface area contributed by atoms with Gasteiger partial charge >= 0.3 is 6.18 Å². The number of carbonyl (C=O) groups excluding carboxylic acids is 1. The van der Waals surface area contributed by atoms with E-state index in [4.69, 9.17) is 0 Å². The van der Waals surface area contributed by atoms with E-state index >= 15 is 0 Å². The van der Waals surface area contributed by atoms with Gasteiger partial charge in [0.25, 0.3) is 5.56 Å². The lowest BCUT2D eigenvalue weighted by molar-refractivity contribution is -0.137. The van der Waals surface area contributed by atoms with Gasteiger partial charge in [0.1, 0.15) is 4.83 Å². The number of hydrogen-bond donors (Lipinski definition) is 1. The van der Waals surface area contributed by atoms with Crippen molar-refractivity contribution < 1.29 is 18.0 Å². The average molecular weight is 490 g/mol. The third-order valence-electron chi connectivity index (χ3n) is 4.75. The fourth-order valence-corrected chi connectivity index (χ4v) is 5.01. The molecule has 0 aliphatic rings. The number of benzene rings is 2. The van der Waals surface area contributed by atoms with Crippen molar-refractivity contribution in [3.63, 3.8) is 0 Å². The topological polar surface area (TPSA) is 64.0 Å². The number of anilines is 1. The monoisotopic (exact) mass is 489 g/mol. The molecule has 2 aromatic heterocycles. The number of amides is 1. The summed E-state index contributed by atoms with van der Waals surface area (Å²) in [5.41, 5.74) is -0.419. The molecule has 0 saturated carbocycles. The van der Waals surface area contributed by atoms with E-state index in [-0.39, 0.29) is 17.0 Å². The molecule has 10 heteroatoms. The zero-order chi connectivity index (χ0) is 23.6. The predicted molar refractivity (Wildman–Crippen MR) is 125 cm³/mol. The fourth-order valence-electron chi connectivity index (χ4n) is 3.19. The third kappa shape index (κ3) is 5.12. The minimum absolute atomic E-state index is 0.0464. The Morgan fingerprint density at radius 2 is 1.88 bits per heavy atom. The second kappa shape index (κ2) is 9.40. The first kappa shape index (κ1) is 23.1. The second-order valence-electron chi connectivity index (χ2n) is 7.07. The van der Waals surface area contributed by atoms with Crippen LogP contribution >= 0.6 is 23.1 Å². The van der Waals surface area contributed by atoms with Gasteiger partial charge in [0.15, 0.2) is 5.16 Å². The first-order valence-corrected chi connectivity index (χ1v) is 11.8. The summed E-state index contributed by atoms with van der Waals surface area (Å²) >= 11 is 2.47. The molecular weight excluding hydrogens is 471 g/mol. The highest BCUT2D eigenvalue weighted by Crippen LogP contribution is 2.31. The number of nitrogens with zero attached hydrogens (tertiary/aromatic N) is 2. The highest BCUT2D eigenvalue weighted by atomic mass is 32.2. The highest BCUT2D eigenvalue weighted by molar-refractivity contribution is 7.99. The van der Waals surface area contributed by atoms with Gasteiger partial charge in [-0.2, -0.15) is 13.2 Å². The van der Waals surface area contributed by atoms with Crippen molar-refractivity contribution in [1.29, 1.82) is 0 Å². The summed E-state index contributed by atoms with van der Waals surface area (Å²) < 4.78 is 40.2. The minimum Gasteiger partial charge on any atom is -0.325 e. The molecule has 0 fully saturated rings. The zero-order valence-electron chi connectivity index (χ0n) is 17.3. The van der Waals surface area contributed by atoms with Gasteiger partial charge in [-0.1, -0.05) is 43.0 Å². The molecule has 4 aromatic rings. The molecule has 4 rings (SSSR count). The van der Waals surface area contributed by atoms with Crippen molar-refractivity contribution in [3.05, 3.63) is 81.5 Å². The van der Waals surface area contributed by atoms with Gasteiger partial charge in [0.2, 0.25) is 5.91 Å². The summed E-state index contributed by atoms with van der Waals surface area (Å²) in [4.78, 5) is 32.0. The van der Waals surface area contributed by atoms with Crippen LogP contribution in [0.4, 0.5) is 18.9 Å². The number of nitrogens with one attached hydrogen (secondary N) is 1. The maximum absolute atomic E-state index is 13.3. The number of aryl methyl sites for hydroxylation is 1. The van der Waals surface area contributed by atoms with Crippen LogP contribution in [0.3, 0.4) is 0 Å². The molecule has 0 unspecified atom stereocenters. The summed E-state index contributed by atoms with van der Waals surface area (Å²) in [5.74, 6) is -0.638. The maximum atomic E-state index is 13.3.